The minimum Gasteiger partial charge on any atom is -0.479 e. The Labute approximate surface area is 301 Å². The number of carbonyl (C=O) groups excluding carboxylic acids is 1. The molecule has 0 aliphatic carbocycles. The predicted octanol–water partition coefficient (Wildman–Crippen LogP) is 8.31. The van der Waals surface area contributed by atoms with Crippen molar-refractivity contribution in [2.75, 3.05) is 26.2 Å². The third kappa shape index (κ3) is 6.54. The van der Waals surface area contributed by atoms with Crippen molar-refractivity contribution >= 4 is 55.9 Å². The van der Waals surface area contributed by atoms with Gasteiger partial charge in [-0.15, -0.1) is 11.3 Å². The van der Waals surface area contributed by atoms with Crippen LogP contribution in [0.5, 0.6) is 0 Å². The minimum atomic E-state index is -1.17. The van der Waals surface area contributed by atoms with Gasteiger partial charge in [0.25, 0.3) is 0 Å². The van der Waals surface area contributed by atoms with Crippen molar-refractivity contribution in [2.24, 2.45) is 0 Å². The van der Waals surface area contributed by atoms with Crippen molar-refractivity contribution < 1.29 is 19.4 Å². The Balaban J connectivity index is 1.28. The summed E-state index contributed by atoms with van der Waals surface area (Å²) in [7, 11) is 0. The Morgan fingerprint density at radius 1 is 1.06 bits per heavy atom. The highest BCUT2D eigenvalue weighted by Gasteiger charge is 2.36. The van der Waals surface area contributed by atoms with Gasteiger partial charge in [-0.25, -0.2) is 9.78 Å². The summed E-state index contributed by atoms with van der Waals surface area (Å²) in [6, 6.07) is 16.5. The fraction of sp³-hybridized carbons (Fsp3) is 0.436. The highest BCUT2D eigenvalue weighted by atomic mass is 35.5. The maximum absolute atomic E-state index is 12.8. The number of aromatic nitrogens is 3. The van der Waals surface area contributed by atoms with E-state index in [1.54, 1.807) is 18.3 Å². The first-order valence-corrected chi connectivity index (χ1v) is 18.6. The number of piperidine rings is 1. The van der Waals surface area contributed by atoms with Gasteiger partial charge in [0.05, 0.1) is 27.0 Å². The van der Waals surface area contributed by atoms with Crippen molar-refractivity contribution in [1.82, 2.24) is 24.6 Å². The van der Waals surface area contributed by atoms with Crippen molar-refractivity contribution in [3.8, 4) is 21.7 Å². The molecule has 0 unspecified atom stereocenters. The van der Waals surface area contributed by atoms with Crippen LogP contribution in [-0.4, -0.2) is 79.4 Å². The van der Waals surface area contributed by atoms with Crippen LogP contribution in [-0.2, 0) is 20.9 Å². The molecule has 7 rings (SSSR count). The van der Waals surface area contributed by atoms with Gasteiger partial charge in [0, 0.05) is 65.6 Å². The number of halogens is 1. The molecule has 262 valence electrons. The number of likely N-dealkylation sites (tertiary alicyclic amines) is 2. The Morgan fingerprint density at radius 2 is 1.74 bits per heavy atom. The number of carboxylic acids is 1. The number of rotatable bonds is 8. The quantitative estimate of drug-likeness (QED) is 0.173. The molecule has 11 heteroatoms. The summed E-state index contributed by atoms with van der Waals surface area (Å²) in [5.41, 5.74) is 6.51. The maximum atomic E-state index is 12.8. The molecule has 2 fully saturated rings. The number of carboxylic acid groups (broad SMARTS) is 1. The van der Waals surface area contributed by atoms with Crippen LogP contribution in [0.4, 0.5) is 0 Å². The zero-order chi connectivity index (χ0) is 35.5. The molecule has 0 radical (unpaired) electrons. The van der Waals surface area contributed by atoms with Crippen LogP contribution in [0, 0.1) is 6.92 Å². The van der Waals surface area contributed by atoms with Crippen LogP contribution in [0.15, 0.2) is 48.5 Å². The molecule has 1 amide bonds. The number of thiazole rings is 1. The highest BCUT2D eigenvalue weighted by molar-refractivity contribution is 7.22. The van der Waals surface area contributed by atoms with Gasteiger partial charge in [0.15, 0.2) is 6.10 Å². The van der Waals surface area contributed by atoms with Crippen LogP contribution >= 0.6 is 22.9 Å². The largest absolute Gasteiger partial charge is 0.479 e. The summed E-state index contributed by atoms with van der Waals surface area (Å²) in [4.78, 5) is 34.1. The molecule has 5 aromatic rings. The zero-order valence-corrected chi connectivity index (χ0v) is 31.1. The van der Waals surface area contributed by atoms with Gasteiger partial charge in [0.2, 0.25) is 5.91 Å². The summed E-state index contributed by atoms with van der Waals surface area (Å²) in [6.07, 6.45) is 0.898. The molecule has 0 bridgehead atoms. The zero-order valence-electron chi connectivity index (χ0n) is 29.5. The van der Waals surface area contributed by atoms with E-state index in [4.69, 9.17) is 26.4 Å². The first-order valence-electron chi connectivity index (χ1n) is 17.4. The molecule has 2 aromatic heterocycles. The average Bonchev–Trinajstić information content (AvgIpc) is 3.64. The van der Waals surface area contributed by atoms with Gasteiger partial charge < -0.3 is 14.7 Å². The van der Waals surface area contributed by atoms with E-state index in [0.717, 1.165) is 99.6 Å². The lowest BCUT2D eigenvalue weighted by Gasteiger charge is -2.47. The van der Waals surface area contributed by atoms with Crippen molar-refractivity contribution in [1.29, 1.82) is 0 Å². The third-order valence-electron chi connectivity index (χ3n) is 10.1. The Morgan fingerprint density at radius 3 is 2.36 bits per heavy atom. The van der Waals surface area contributed by atoms with E-state index in [2.05, 4.69) is 34.7 Å². The molecule has 0 saturated carbocycles. The van der Waals surface area contributed by atoms with E-state index in [-0.39, 0.29) is 5.91 Å². The average molecular weight is 714 g/mol. The number of hydrogen-bond donors (Lipinski definition) is 1. The number of hydrogen-bond acceptors (Lipinski definition) is 7. The van der Waals surface area contributed by atoms with Crippen molar-refractivity contribution in [2.45, 2.75) is 84.6 Å². The van der Waals surface area contributed by atoms with Gasteiger partial charge in [0.1, 0.15) is 5.01 Å². The molecule has 4 heterocycles. The van der Waals surface area contributed by atoms with E-state index in [0.29, 0.717) is 22.5 Å². The Bertz CT molecular complexity index is 2090. The molecule has 1 N–H and O–H groups in total. The first kappa shape index (κ1) is 34.6. The van der Waals surface area contributed by atoms with Crippen LogP contribution < -0.4 is 0 Å². The van der Waals surface area contributed by atoms with Gasteiger partial charge in [-0.2, -0.15) is 5.10 Å². The van der Waals surface area contributed by atoms with Gasteiger partial charge in [-0.05, 0) is 108 Å². The van der Waals surface area contributed by atoms with Crippen LogP contribution in [0.1, 0.15) is 76.3 Å². The number of benzene rings is 3. The summed E-state index contributed by atoms with van der Waals surface area (Å²) >= 11 is 7.87. The molecular formula is C39H44ClN5O4S. The van der Waals surface area contributed by atoms with Gasteiger partial charge in [-0.3, -0.25) is 14.4 Å². The molecular weight excluding hydrogens is 670 g/mol. The van der Waals surface area contributed by atoms with Gasteiger partial charge >= 0.3 is 5.97 Å². The fourth-order valence-corrected chi connectivity index (χ4v) is 8.77. The summed E-state index contributed by atoms with van der Waals surface area (Å²) < 4.78 is 9.21. The van der Waals surface area contributed by atoms with E-state index in [1.807, 2.05) is 62.9 Å². The number of aliphatic carboxylic acids is 1. The van der Waals surface area contributed by atoms with Crippen LogP contribution in [0.25, 0.3) is 42.8 Å². The molecule has 2 saturated heterocycles. The smallest absolute Gasteiger partial charge is 0.337 e. The molecule has 1 atom stereocenters. The number of carbonyl (C=O) groups is 2. The Kier molecular flexibility index (Phi) is 9.26. The molecule has 0 spiro atoms. The lowest BCUT2D eigenvalue weighted by atomic mass is 9.90. The van der Waals surface area contributed by atoms with Gasteiger partial charge in [-0.1, -0.05) is 23.7 Å². The van der Waals surface area contributed by atoms with E-state index >= 15 is 0 Å². The van der Waals surface area contributed by atoms with Crippen LogP contribution in [0.2, 0.25) is 5.02 Å². The number of fused-ring (bicyclic) bond motifs is 2. The molecule has 9 nitrogen and oxygen atoms in total. The molecule has 3 aromatic carbocycles. The molecule has 2 aliphatic rings. The minimum absolute atomic E-state index is 0.160. The second kappa shape index (κ2) is 13.4. The Hall–Kier alpha value is -3.83. The van der Waals surface area contributed by atoms with Crippen LogP contribution in [0.3, 0.4) is 0 Å². The summed E-state index contributed by atoms with van der Waals surface area (Å²) in [5.74, 6) is -0.522. The second-order valence-corrected chi connectivity index (χ2v) is 16.1. The SMILES string of the molecule is CCn1nc(C2CCN(C3CN(C(C)=O)C3)CC2)c2cc(-c3nc4cc(C)c([C@H](OC(C)(C)C)C(=O)O)c(-c5ccc(Cl)cc5)c4s3)ccc21. The topological polar surface area (TPSA) is 101 Å². The fourth-order valence-electron chi connectivity index (χ4n) is 7.52. The highest BCUT2D eigenvalue weighted by Crippen LogP contribution is 2.45. The number of nitrogens with zero attached hydrogens (tertiary/aromatic N) is 5. The monoisotopic (exact) mass is 713 g/mol. The van der Waals surface area contributed by atoms with E-state index in [1.165, 1.54) is 0 Å². The standard InChI is InChI=1S/C39H44ClN5O4S/c1-7-45-31-13-10-26(19-29(31)34(42-45)25-14-16-43(17-15-25)28-20-44(21-28)23(3)46)37-41-30-18-22(2)32(35(38(47)48)49-39(4,5)6)33(36(30)50-37)24-8-11-27(40)12-9-24/h8-13,18-19,25,28,35H,7,14-17,20-21H2,1-6H3,(H,47,48)/t35-/m0/s1. The van der Waals surface area contributed by atoms with Crippen molar-refractivity contribution in [3.63, 3.8) is 0 Å². The lowest BCUT2D eigenvalue weighted by Crippen LogP contribution is -2.61. The molecule has 50 heavy (non-hydrogen) atoms. The lowest BCUT2D eigenvalue weighted by molar-refractivity contribution is -0.160. The summed E-state index contributed by atoms with van der Waals surface area (Å²) in [5, 5.41) is 18.2. The second-order valence-electron chi connectivity index (χ2n) is 14.6. The molecule has 2 aliphatic heterocycles. The van der Waals surface area contributed by atoms with E-state index < -0.39 is 17.7 Å². The maximum Gasteiger partial charge on any atom is 0.337 e. The predicted molar refractivity (Wildman–Crippen MR) is 200 cm³/mol. The number of amides is 1. The van der Waals surface area contributed by atoms with Crippen molar-refractivity contribution in [3.05, 3.63) is 70.4 Å². The normalized spacial score (nSPS) is 17.1. The van der Waals surface area contributed by atoms with E-state index in [9.17, 15) is 14.7 Å². The number of ether oxygens (including phenoxy) is 1. The third-order valence-corrected chi connectivity index (χ3v) is 11.5. The first-order chi connectivity index (χ1) is 23.8. The number of aryl methyl sites for hydroxylation is 2. The summed E-state index contributed by atoms with van der Waals surface area (Å²) in [6.45, 7) is 15.8.